The van der Waals surface area contributed by atoms with Gasteiger partial charge < -0.3 is 4.90 Å². The van der Waals surface area contributed by atoms with Crippen molar-refractivity contribution in [1.82, 2.24) is 4.90 Å². The van der Waals surface area contributed by atoms with Crippen LogP contribution in [0.2, 0.25) is 0 Å². The first-order valence-electron chi connectivity index (χ1n) is 6.51. The van der Waals surface area contributed by atoms with E-state index in [1.54, 1.807) is 0 Å². The lowest BCUT2D eigenvalue weighted by molar-refractivity contribution is 0.120. The molecule has 1 aliphatic heterocycles. The second-order valence-electron chi connectivity index (χ2n) is 4.63. The van der Waals surface area contributed by atoms with Crippen LogP contribution in [0.25, 0.3) is 0 Å². The molecular weight excluding hydrogens is 170 g/mol. The molecule has 0 aromatic heterocycles. The third-order valence-electron chi connectivity index (χ3n) is 4.28. The monoisotopic (exact) mass is 197 g/mol. The van der Waals surface area contributed by atoms with E-state index in [0.29, 0.717) is 5.54 Å². The summed E-state index contributed by atoms with van der Waals surface area (Å²) in [6.45, 7) is 7.71. The number of hydrogen-bond donors (Lipinski definition) is 0. The van der Waals surface area contributed by atoms with Gasteiger partial charge in [-0.15, -0.1) is 0 Å². The van der Waals surface area contributed by atoms with Crippen LogP contribution in [0, 0.1) is 5.92 Å². The van der Waals surface area contributed by atoms with Crippen LogP contribution in [0.3, 0.4) is 0 Å². The summed E-state index contributed by atoms with van der Waals surface area (Å²) in [7, 11) is 2.33. The molecule has 2 rings (SSSR count). The van der Waals surface area contributed by atoms with Crippen molar-refractivity contribution >= 4 is 0 Å². The Labute approximate surface area is 89.9 Å². The van der Waals surface area contributed by atoms with Gasteiger partial charge in [-0.25, -0.2) is 0 Å². The largest absolute Gasteiger partial charge is 0.300 e. The maximum atomic E-state index is 2.65. The SMILES string of the molecule is CC.CCC1CCCC12CCCN2C. The smallest absolute Gasteiger partial charge is 0.0235 e. The van der Waals surface area contributed by atoms with Crippen molar-refractivity contribution < 1.29 is 0 Å². The summed E-state index contributed by atoms with van der Waals surface area (Å²) in [5, 5.41) is 0. The minimum absolute atomic E-state index is 0.648. The molecular formula is C13H27N. The van der Waals surface area contributed by atoms with Crippen LogP contribution in [-0.2, 0) is 0 Å². The van der Waals surface area contributed by atoms with Crippen LogP contribution in [0.15, 0.2) is 0 Å². The molecule has 1 nitrogen and oxygen atoms in total. The highest BCUT2D eigenvalue weighted by Gasteiger charge is 2.46. The van der Waals surface area contributed by atoms with Crippen molar-refractivity contribution in [3.8, 4) is 0 Å². The van der Waals surface area contributed by atoms with Gasteiger partial charge in [-0.05, 0) is 45.2 Å². The van der Waals surface area contributed by atoms with Crippen LogP contribution in [0.5, 0.6) is 0 Å². The Hall–Kier alpha value is -0.0400. The molecule has 2 unspecified atom stereocenters. The number of likely N-dealkylation sites (tertiary alicyclic amines) is 1. The summed E-state index contributed by atoms with van der Waals surface area (Å²) < 4.78 is 0. The van der Waals surface area contributed by atoms with Gasteiger partial charge in [0.1, 0.15) is 0 Å². The molecule has 0 aromatic rings. The van der Waals surface area contributed by atoms with Crippen LogP contribution in [0.4, 0.5) is 0 Å². The van der Waals surface area contributed by atoms with Gasteiger partial charge in [-0.2, -0.15) is 0 Å². The van der Waals surface area contributed by atoms with Crippen molar-refractivity contribution in [1.29, 1.82) is 0 Å². The van der Waals surface area contributed by atoms with Crippen molar-refractivity contribution in [3.05, 3.63) is 0 Å². The minimum atomic E-state index is 0.648. The standard InChI is InChI=1S/C11H21N.C2H6/c1-3-10-6-4-7-11(10)8-5-9-12(11)2;1-2/h10H,3-9H2,1-2H3;1-2H3. The van der Waals surface area contributed by atoms with Gasteiger partial charge in [0.05, 0.1) is 0 Å². The van der Waals surface area contributed by atoms with Crippen LogP contribution in [-0.4, -0.2) is 24.0 Å². The Kier molecular flexibility index (Phi) is 4.43. The van der Waals surface area contributed by atoms with Gasteiger partial charge >= 0.3 is 0 Å². The lowest BCUT2D eigenvalue weighted by Gasteiger charge is -2.37. The molecule has 0 N–H and O–H groups in total. The minimum Gasteiger partial charge on any atom is -0.300 e. The molecule has 1 saturated carbocycles. The fourth-order valence-electron chi connectivity index (χ4n) is 3.58. The van der Waals surface area contributed by atoms with E-state index in [-0.39, 0.29) is 0 Å². The molecule has 1 saturated heterocycles. The molecule has 14 heavy (non-hydrogen) atoms. The highest BCUT2D eigenvalue weighted by Crippen LogP contribution is 2.47. The third-order valence-corrected chi connectivity index (χ3v) is 4.28. The van der Waals surface area contributed by atoms with E-state index in [2.05, 4.69) is 18.9 Å². The highest BCUT2D eigenvalue weighted by atomic mass is 15.2. The van der Waals surface area contributed by atoms with E-state index >= 15 is 0 Å². The highest BCUT2D eigenvalue weighted by molar-refractivity contribution is 5.02. The van der Waals surface area contributed by atoms with Gasteiger partial charge in [-0.1, -0.05) is 33.6 Å². The molecule has 84 valence electrons. The number of hydrogen-bond acceptors (Lipinski definition) is 1. The Morgan fingerprint density at radius 3 is 2.36 bits per heavy atom. The Bertz CT molecular complexity index is 163. The molecule has 1 aliphatic carbocycles. The van der Waals surface area contributed by atoms with E-state index < -0.39 is 0 Å². The zero-order chi connectivity index (χ0) is 10.6. The molecule has 1 heterocycles. The second-order valence-corrected chi connectivity index (χ2v) is 4.63. The van der Waals surface area contributed by atoms with Crippen molar-refractivity contribution in [3.63, 3.8) is 0 Å². The van der Waals surface area contributed by atoms with E-state index in [1.807, 2.05) is 13.8 Å². The summed E-state index contributed by atoms with van der Waals surface area (Å²) in [4.78, 5) is 2.65. The van der Waals surface area contributed by atoms with Gasteiger partial charge in [0, 0.05) is 5.54 Å². The summed E-state index contributed by atoms with van der Waals surface area (Å²) in [5.74, 6) is 1.00. The third kappa shape index (κ3) is 1.84. The average Bonchev–Trinajstić information content (AvgIpc) is 2.80. The van der Waals surface area contributed by atoms with Gasteiger partial charge in [0.2, 0.25) is 0 Å². The van der Waals surface area contributed by atoms with E-state index in [1.165, 1.54) is 45.1 Å². The summed E-state index contributed by atoms with van der Waals surface area (Å²) in [5.41, 5.74) is 0.648. The molecule has 0 aromatic carbocycles. The van der Waals surface area contributed by atoms with E-state index in [0.717, 1.165) is 5.92 Å². The van der Waals surface area contributed by atoms with Crippen molar-refractivity contribution in [2.45, 2.75) is 64.8 Å². The number of nitrogens with zero attached hydrogens (tertiary/aromatic N) is 1. The quantitative estimate of drug-likeness (QED) is 0.620. The van der Waals surface area contributed by atoms with Crippen molar-refractivity contribution in [2.75, 3.05) is 13.6 Å². The summed E-state index contributed by atoms with van der Waals surface area (Å²) >= 11 is 0. The van der Waals surface area contributed by atoms with Crippen LogP contribution in [0.1, 0.15) is 59.3 Å². The van der Waals surface area contributed by atoms with Gasteiger partial charge in [0.15, 0.2) is 0 Å². The Morgan fingerprint density at radius 2 is 1.86 bits per heavy atom. The molecule has 2 fully saturated rings. The molecule has 2 aliphatic rings. The van der Waals surface area contributed by atoms with Crippen LogP contribution < -0.4 is 0 Å². The van der Waals surface area contributed by atoms with Crippen molar-refractivity contribution in [2.24, 2.45) is 5.92 Å². The zero-order valence-electron chi connectivity index (χ0n) is 10.5. The Balaban J connectivity index is 0.000000461. The topological polar surface area (TPSA) is 3.24 Å². The Morgan fingerprint density at radius 1 is 1.21 bits per heavy atom. The van der Waals surface area contributed by atoms with Crippen LogP contribution >= 0.6 is 0 Å². The van der Waals surface area contributed by atoms with E-state index in [9.17, 15) is 0 Å². The summed E-state index contributed by atoms with van der Waals surface area (Å²) in [6.07, 6.45) is 8.74. The van der Waals surface area contributed by atoms with Gasteiger partial charge in [-0.3, -0.25) is 0 Å². The normalized spacial score (nSPS) is 37.3. The molecule has 1 spiro atoms. The zero-order valence-corrected chi connectivity index (χ0v) is 10.5. The first-order chi connectivity index (χ1) is 6.79. The first kappa shape index (κ1) is 12.0. The van der Waals surface area contributed by atoms with E-state index in [4.69, 9.17) is 0 Å². The maximum absolute atomic E-state index is 2.65. The summed E-state index contributed by atoms with van der Waals surface area (Å²) in [6, 6.07) is 0. The first-order valence-corrected chi connectivity index (χ1v) is 6.51. The molecule has 1 heteroatoms. The molecule has 0 amide bonds. The lowest BCUT2D eigenvalue weighted by Crippen LogP contribution is -2.44. The predicted molar refractivity (Wildman–Crippen MR) is 63.6 cm³/mol. The second kappa shape index (κ2) is 5.16. The lowest BCUT2D eigenvalue weighted by atomic mass is 9.83. The van der Waals surface area contributed by atoms with Gasteiger partial charge in [0.25, 0.3) is 0 Å². The number of rotatable bonds is 1. The maximum Gasteiger partial charge on any atom is 0.0235 e. The molecule has 0 bridgehead atoms. The predicted octanol–water partition coefficient (Wildman–Crippen LogP) is 3.69. The average molecular weight is 197 g/mol. The fourth-order valence-corrected chi connectivity index (χ4v) is 3.58. The molecule has 2 atom stereocenters. The molecule has 0 radical (unpaired) electrons. The fraction of sp³-hybridized carbons (Fsp3) is 1.00.